The molecule has 1 aliphatic heterocycles. The highest BCUT2D eigenvalue weighted by atomic mass is 32.2. The Kier molecular flexibility index (Phi) is 6.85. The Morgan fingerprint density at radius 3 is 2.70 bits per heavy atom. The summed E-state index contributed by atoms with van der Waals surface area (Å²) in [6.45, 7) is 4.62. The number of amides is 2. The molecule has 0 saturated carbocycles. The van der Waals surface area contributed by atoms with Gasteiger partial charge in [0.05, 0.1) is 16.7 Å². The number of nitrogens with one attached hydrogen (secondary N) is 1. The molecule has 2 aromatic carbocycles. The number of rotatable bonds is 5. The zero-order valence-electron chi connectivity index (χ0n) is 15.6. The van der Waals surface area contributed by atoms with Gasteiger partial charge in [-0.2, -0.15) is 0 Å². The molecule has 142 valence electrons. The maximum Gasteiger partial charge on any atom is 0.239 e. The van der Waals surface area contributed by atoms with E-state index in [1.807, 2.05) is 61.2 Å². The molecule has 0 aliphatic carbocycles. The van der Waals surface area contributed by atoms with E-state index in [4.69, 9.17) is 0 Å². The molecular weight excluding hydrogens is 376 g/mol. The van der Waals surface area contributed by atoms with Crippen molar-refractivity contribution < 1.29 is 9.59 Å². The zero-order chi connectivity index (χ0) is 19.2. The van der Waals surface area contributed by atoms with Crippen LogP contribution in [0, 0.1) is 6.92 Å². The molecule has 0 unspecified atom stereocenters. The van der Waals surface area contributed by atoms with Crippen molar-refractivity contribution in [1.29, 1.82) is 0 Å². The van der Waals surface area contributed by atoms with Crippen molar-refractivity contribution in [2.75, 3.05) is 28.3 Å². The molecule has 1 heterocycles. The third-order valence-corrected chi connectivity index (χ3v) is 6.63. The van der Waals surface area contributed by atoms with Crippen LogP contribution in [0.15, 0.2) is 53.4 Å². The van der Waals surface area contributed by atoms with Gasteiger partial charge in [0.25, 0.3) is 0 Å². The van der Waals surface area contributed by atoms with Gasteiger partial charge in [-0.3, -0.25) is 9.59 Å². The summed E-state index contributed by atoms with van der Waals surface area (Å²) in [6.07, 6.45) is 0.969. The van der Waals surface area contributed by atoms with E-state index in [9.17, 15) is 9.59 Å². The number of thioether (sulfide) groups is 2. The van der Waals surface area contributed by atoms with E-state index in [-0.39, 0.29) is 22.8 Å². The Morgan fingerprint density at radius 2 is 1.93 bits per heavy atom. The molecule has 1 aliphatic rings. The summed E-state index contributed by atoms with van der Waals surface area (Å²) >= 11 is 3.18. The predicted molar refractivity (Wildman–Crippen MR) is 116 cm³/mol. The van der Waals surface area contributed by atoms with Gasteiger partial charge in [0.1, 0.15) is 0 Å². The van der Waals surface area contributed by atoms with E-state index in [1.54, 1.807) is 11.8 Å². The second-order valence-corrected chi connectivity index (χ2v) is 8.99. The van der Waals surface area contributed by atoms with Crippen molar-refractivity contribution >= 4 is 46.7 Å². The lowest BCUT2D eigenvalue weighted by Gasteiger charge is -2.25. The van der Waals surface area contributed by atoms with Crippen LogP contribution >= 0.6 is 23.5 Å². The van der Waals surface area contributed by atoms with Crippen LogP contribution in [0.25, 0.3) is 0 Å². The Hall–Kier alpha value is -1.92. The topological polar surface area (TPSA) is 49.4 Å². The van der Waals surface area contributed by atoms with Crippen molar-refractivity contribution in [3.8, 4) is 0 Å². The van der Waals surface area contributed by atoms with Crippen LogP contribution in [0.3, 0.4) is 0 Å². The first-order valence-corrected chi connectivity index (χ1v) is 11.1. The standard InChI is InChI=1S/C21H24N2O2S2/c1-15-8-10-17(11-9-15)22-20(24)14-27-16(2)21(25)23-12-5-13-26-19-7-4-3-6-18(19)23/h3-4,6-11,16H,5,12-14H2,1-2H3,(H,22,24)/t16-/m0/s1. The first kappa shape index (κ1) is 19.8. The van der Waals surface area contributed by atoms with Gasteiger partial charge in [-0.15, -0.1) is 23.5 Å². The van der Waals surface area contributed by atoms with E-state index in [0.29, 0.717) is 0 Å². The van der Waals surface area contributed by atoms with E-state index >= 15 is 0 Å². The Morgan fingerprint density at radius 1 is 1.19 bits per heavy atom. The molecule has 0 aromatic heterocycles. The van der Waals surface area contributed by atoms with E-state index in [2.05, 4.69) is 11.4 Å². The molecule has 1 atom stereocenters. The molecule has 1 N–H and O–H groups in total. The smallest absolute Gasteiger partial charge is 0.239 e. The number of hydrogen-bond acceptors (Lipinski definition) is 4. The van der Waals surface area contributed by atoms with Gasteiger partial charge in [-0.05, 0) is 50.3 Å². The summed E-state index contributed by atoms with van der Waals surface area (Å²) in [6, 6.07) is 15.8. The summed E-state index contributed by atoms with van der Waals surface area (Å²) in [5.74, 6) is 1.25. The molecule has 2 amide bonds. The maximum absolute atomic E-state index is 13.0. The highest BCUT2D eigenvalue weighted by molar-refractivity contribution is 8.01. The van der Waals surface area contributed by atoms with Gasteiger partial charge in [-0.25, -0.2) is 0 Å². The number of hydrogen-bond donors (Lipinski definition) is 1. The molecular formula is C21H24N2O2S2. The fraction of sp³-hybridized carbons (Fsp3) is 0.333. The summed E-state index contributed by atoms with van der Waals surface area (Å²) in [4.78, 5) is 28.2. The van der Waals surface area contributed by atoms with Crippen molar-refractivity contribution in [2.24, 2.45) is 0 Å². The molecule has 0 fully saturated rings. The number of fused-ring (bicyclic) bond motifs is 1. The number of aryl methyl sites for hydroxylation is 1. The van der Waals surface area contributed by atoms with E-state index < -0.39 is 0 Å². The molecule has 4 nitrogen and oxygen atoms in total. The average molecular weight is 401 g/mol. The van der Waals surface area contributed by atoms with Crippen LogP contribution in [-0.2, 0) is 9.59 Å². The highest BCUT2D eigenvalue weighted by Crippen LogP contribution is 2.34. The average Bonchev–Trinajstić information content (AvgIpc) is 2.90. The first-order valence-electron chi connectivity index (χ1n) is 9.06. The second-order valence-electron chi connectivity index (χ2n) is 6.53. The predicted octanol–water partition coefficient (Wildman–Crippen LogP) is 4.58. The summed E-state index contributed by atoms with van der Waals surface area (Å²) < 4.78 is 0. The number of nitrogens with zero attached hydrogens (tertiary/aromatic N) is 1. The fourth-order valence-corrected chi connectivity index (χ4v) is 4.62. The molecule has 0 bridgehead atoms. The number of carbonyl (C=O) groups excluding carboxylic acids is 2. The molecule has 27 heavy (non-hydrogen) atoms. The number of anilines is 2. The van der Waals surface area contributed by atoms with E-state index in [1.165, 1.54) is 11.8 Å². The van der Waals surface area contributed by atoms with Crippen LogP contribution in [0.1, 0.15) is 18.9 Å². The van der Waals surface area contributed by atoms with Crippen LogP contribution in [-0.4, -0.2) is 35.1 Å². The minimum atomic E-state index is -0.273. The van der Waals surface area contributed by atoms with Gasteiger partial charge in [-0.1, -0.05) is 29.8 Å². The Balaban J connectivity index is 1.57. The summed E-state index contributed by atoms with van der Waals surface area (Å²) in [7, 11) is 0. The highest BCUT2D eigenvalue weighted by Gasteiger charge is 2.26. The number of benzene rings is 2. The number of carbonyl (C=O) groups is 2. The molecule has 2 aromatic rings. The van der Waals surface area contributed by atoms with Crippen LogP contribution in [0.4, 0.5) is 11.4 Å². The lowest BCUT2D eigenvalue weighted by atomic mass is 10.2. The summed E-state index contributed by atoms with van der Waals surface area (Å²) in [5.41, 5.74) is 2.92. The van der Waals surface area contributed by atoms with Gasteiger partial charge in [0.2, 0.25) is 11.8 Å². The normalized spacial score (nSPS) is 14.8. The first-order chi connectivity index (χ1) is 13.0. The van der Waals surface area contributed by atoms with Gasteiger partial charge < -0.3 is 10.2 Å². The van der Waals surface area contributed by atoms with Crippen molar-refractivity contribution in [3.63, 3.8) is 0 Å². The summed E-state index contributed by atoms with van der Waals surface area (Å²) in [5, 5.41) is 2.61. The minimum absolute atomic E-state index is 0.0677. The largest absolute Gasteiger partial charge is 0.325 e. The molecule has 0 spiro atoms. The van der Waals surface area contributed by atoms with Crippen LogP contribution in [0.5, 0.6) is 0 Å². The second kappa shape index (κ2) is 9.33. The van der Waals surface area contributed by atoms with Crippen molar-refractivity contribution in [3.05, 3.63) is 54.1 Å². The van der Waals surface area contributed by atoms with Gasteiger partial charge >= 0.3 is 0 Å². The Bertz CT molecular complexity index is 808. The third kappa shape index (κ3) is 5.30. The van der Waals surface area contributed by atoms with E-state index in [0.717, 1.165) is 40.6 Å². The third-order valence-electron chi connectivity index (χ3n) is 4.35. The SMILES string of the molecule is Cc1ccc(NC(=O)CS[C@@H](C)C(=O)N2CCCSc3ccccc32)cc1. The van der Waals surface area contributed by atoms with Gasteiger partial charge in [0, 0.05) is 17.1 Å². The molecule has 3 rings (SSSR count). The van der Waals surface area contributed by atoms with Crippen molar-refractivity contribution in [2.45, 2.75) is 30.4 Å². The maximum atomic E-state index is 13.0. The van der Waals surface area contributed by atoms with Crippen LogP contribution in [0.2, 0.25) is 0 Å². The lowest BCUT2D eigenvalue weighted by molar-refractivity contribution is -0.117. The lowest BCUT2D eigenvalue weighted by Crippen LogP contribution is -2.38. The Labute approximate surface area is 169 Å². The fourth-order valence-electron chi connectivity index (χ4n) is 2.88. The quantitative estimate of drug-likeness (QED) is 0.798. The molecule has 6 heteroatoms. The van der Waals surface area contributed by atoms with Crippen molar-refractivity contribution in [1.82, 2.24) is 0 Å². The number of para-hydroxylation sites is 1. The molecule has 0 radical (unpaired) electrons. The molecule has 0 saturated heterocycles. The monoisotopic (exact) mass is 400 g/mol. The minimum Gasteiger partial charge on any atom is -0.325 e. The zero-order valence-corrected chi connectivity index (χ0v) is 17.2. The van der Waals surface area contributed by atoms with Crippen LogP contribution < -0.4 is 10.2 Å². The van der Waals surface area contributed by atoms with Gasteiger partial charge in [0.15, 0.2) is 0 Å².